The van der Waals surface area contributed by atoms with Crippen molar-refractivity contribution in [2.24, 2.45) is 0 Å². The minimum absolute atomic E-state index is 0.293. The second-order valence-electron chi connectivity index (χ2n) is 6.26. The summed E-state index contributed by atoms with van der Waals surface area (Å²) in [5, 5.41) is 3.11. The van der Waals surface area contributed by atoms with Gasteiger partial charge in [0.2, 0.25) is 0 Å². The summed E-state index contributed by atoms with van der Waals surface area (Å²) in [6, 6.07) is 20.4. The van der Waals surface area contributed by atoms with Crippen LogP contribution in [0.25, 0.3) is 22.6 Å². The van der Waals surface area contributed by atoms with Crippen LogP contribution in [0.5, 0.6) is 5.75 Å². The first kappa shape index (κ1) is 19.4. The molecule has 4 rings (SSSR count). The van der Waals surface area contributed by atoms with Crippen LogP contribution in [0, 0.1) is 0 Å². The van der Waals surface area contributed by atoms with Crippen LogP contribution in [0.3, 0.4) is 0 Å². The fourth-order valence-corrected chi connectivity index (χ4v) is 2.79. The Hall–Kier alpha value is -3.94. The molecular formula is C22H15F3N4O. The van der Waals surface area contributed by atoms with Gasteiger partial charge in [0.15, 0.2) is 5.82 Å². The molecule has 4 aromatic rings. The van der Waals surface area contributed by atoms with Crippen molar-refractivity contribution in [2.45, 2.75) is 6.36 Å². The fraction of sp³-hybridized carbons (Fsp3) is 0.0455. The molecule has 0 saturated carbocycles. The molecule has 0 bridgehead atoms. The average Bonchev–Trinajstić information content (AvgIpc) is 2.75. The van der Waals surface area contributed by atoms with E-state index in [-0.39, 0.29) is 5.75 Å². The monoisotopic (exact) mass is 408 g/mol. The first-order valence-corrected chi connectivity index (χ1v) is 8.94. The second-order valence-corrected chi connectivity index (χ2v) is 6.26. The van der Waals surface area contributed by atoms with Crippen molar-refractivity contribution in [2.75, 3.05) is 5.32 Å². The molecule has 0 aliphatic rings. The summed E-state index contributed by atoms with van der Waals surface area (Å²) in [6.45, 7) is 0. The van der Waals surface area contributed by atoms with Crippen molar-refractivity contribution in [3.8, 4) is 28.4 Å². The topological polar surface area (TPSA) is 59.9 Å². The average molecular weight is 408 g/mol. The molecule has 5 nitrogen and oxygen atoms in total. The molecule has 0 saturated heterocycles. The van der Waals surface area contributed by atoms with E-state index in [1.165, 1.54) is 24.3 Å². The van der Waals surface area contributed by atoms with Gasteiger partial charge in [-0.1, -0.05) is 30.3 Å². The molecule has 0 spiro atoms. The van der Waals surface area contributed by atoms with Crippen LogP contribution in [0.15, 0.2) is 85.2 Å². The number of nitrogens with one attached hydrogen (secondary N) is 1. The molecule has 2 aromatic heterocycles. The zero-order chi connectivity index (χ0) is 21.0. The third-order valence-electron chi connectivity index (χ3n) is 4.09. The van der Waals surface area contributed by atoms with E-state index in [0.29, 0.717) is 23.0 Å². The molecule has 150 valence electrons. The van der Waals surface area contributed by atoms with E-state index in [2.05, 4.69) is 25.0 Å². The summed E-state index contributed by atoms with van der Waals surface area (Å²) in [7, 11) is 0. The standard InChI is InChI=1S/C22H15F3N4O/c23-22(24,25)30-18-8-6-17(7-9-18)27-20-14-19(15-10-12-26-13-11-15)28-21(29-20)16-4-2-1-3-5-16/h1-14H,(H,27,28,29). The van der Waals surface area contributed by atoms with Gasteiger partial charge in [0, 0.05) is 35.3 Å². The highest BCUT2D eigenvalue weighted by Crippen LogP contribution is 2.28. The van der Waals surface area contributed by atoms with E-state index >= 15 is 0 Å². The number of hydrogen-bond acceptors (Lipinski definition) is 5. The molecule has 0 aliphatic carbocycles. The molecule has 0 atom stereocenters. The summed E-state index contributed by atoms with van der Waals surface area (Å²) in [5.41, 5.74) is 2.95. The van der Waals surface area contributed by atoms with Gasteiger partial charge in [0.25, 0.3) is 0 Å². The summed E-state index contributed by atoms with van der Waals surface area (Å²) < 4.78 is 40.9. The van der Waals surface area contributed by atoms with Crippen molar-refractivity contribution in [3.63, 3.8) is 0 Å². The molecule has 0 aliphatic heterocycles. The van der Waals surface area contributed by atoms with Crippen molar-refractivity contribution < 1.29 is 17.9 Å². The molecule has 8 heteroatoms. The minimum atomic E-state index is -4.73. The molecule has 2 aromatic carbocycles. The summed E-state index contributed by atoms with van der Waals surface area (Å²) >= 11 is 0. The first-order valence-electron chi connectivity index (χ1n) is 8.94. The molecule has 0 amide bonds. The number of pyridine rings is 1. The summed E-state index contributed by atoms with van der Waals surface area (Å²) in [6.07, 6.45) is -1.39. The summed E-state index contributed by atoms with van der Waals surface area (Å²) in [4.78, 5) is 13.2. The zero-order valence-electron chi connectivity index (χ0n) is 15.5. The van der Waals surface area contributed by atoms with Gasteiger partial charge in [0.1, 0.15) is 11.6 Å². The quantitative estimate of drug-likeness (QED) is 0.449. The van der Waals surface area contributed by atoms with Crippen LogP contribution in [0.2, 0.25) is 0 Å². The Kier molecular flexibility index (Phi) is 5.30. The van der Waals surface area contributed by atoms with Crippen LogP contribution >= 0.6 is 0 Å². The molecule has 2 heterocycles. The predicted molar refractivity (Wildman–Crippen MR) is 107 cm³/mol. The van der Waals surface area contributed by atoms with Gasteiger partial charge in [-0.3, -0.25) is 4.98 Å². The summed E-state index contributed by atoms with van der Waals surface area (Å²) in [5.74, 6) is 0.725. The van der Waals surface area contributed by atoms with E-state index in [1.807, 2.05) is 42.5 Å². The predicted octanol–water partition coefficient (Wildman–Crippen LogP) is 5.85. The first-order chi connectivity index (χ1) is 14.5. The molecule has 0 radical (unpaired) electrons. The highest BCUT2D eigenvalue weighted by molar-refractivity contribution is 5.69. The lowest BCUT2D eigenvalue weighted by Gasteiger charge is -2.12. The zero-order valence-corrected chi connectivity index (χ0v) is 15.5. The van der Waals surface area contributed by atoms with Gasteiger partial charge in [0.05, 0.1) is 5.69 Å². The number of benzene rings is 2. The number of anilines is 2. The fourth-order valence-electron chi connectivity index (χ4n) is 2.79. The lowest BCUT2D eigenvalue weighted by atomic mass is 10.1. The maximum atomic E-state index is 12.3. The molecule has 1 N–H and O–H groups in total. The Morgan fingerprint density at radius 2 is 1.47 bits per heavy atom. The number of ether oxygens (including phenoxy) is 1. The van der Waals surface area contributed by atoms with Crippen molar-refractivity contribution >= 4 is 11.5 Å². The number of nitrogens with zero attached hydrogens (tertiary/aromatic N) is 3. The van der Waals surface area contributed by atoms with Crippen molar-refractivity contribution in [3.05, 3.63) is 85.2 Å². The third kappa shape index (κ3) is 4.91. The van der Waals surface area contributed by atoms with Crippen LogP contribution in [0.4, 0.5) is 24.7 Å². The highest BCUT2D eigenvalue weighted by Gasteiger charge is 2.30. The molecule has 0 unspecified atom stereocenters. The third-order valence-corrected chi connectivity index (χ3v) is 4.09. The number of hydrogen-bond donors (Lipinski definition) is 1. The Morgan fingerprint density at radius 3 is 2.13 bits per heavy atom. The Labute approximate surface area is 170 Å². The van der Waals surface area contributed by atoms with E-state index in [0.717, 1.165) is 11.1 Å². The largest absolute Gasteiger partial charge is 0.573 e. The van der Waals surface area contributed by atoms with Crippen LogP contribution in [0.1, 0.15) is 0 Å². The van der Waals surface area contributed by atoms with Gasteiger partial charge in [-0.05, 0) is 36.4 Å². The lowest BCUT2D eigenvalue weighted by molar-refractivity contribution is -0.274. The van der Waals surface area contributed by atoms with E-state index in [1.54, 1.807) is 18.5 Å². The van der Waals surface area contributed by atoms with Gasteiger partial charge >= 0.3 is 6.36 Å². The van der Waals surface area contributed by atoms with Crippen LogP contribution in [-0.2, 0) is 0 Å². The van der Waals surface area contributed by atoms with Gasteiger partial charge < -0.3 is 10.1 Å². The van der Waals surface area contributed by atoms with Gasteiger partial charge in [-0.25, -0.2) is 9.97 Å². The van der Waals surface area contributed by atoms with Crippen molar-refractivity contribution in [1.29, 1.82) is 0 Å². The van der Waals surface area contributed by atoms with E-state index in [4.69, 9.17) is 0 Å². The molecule has 0 fully saturated rings. The number of halogens is 3. The smallest absolute Gasteiger partial charge is 0.406 e. The lowest BCUT2D eigenvalue weighted by Crippen LogP contribution is -2.16. The van der Waals surface area contributed by atoms with Gasteiger partial charge in [-0.2, -0.15) is 0 Å². The normalized spacial score (nSPS) is 11.2. The molecular weight excluding hydrogens is 393 g/mol. The second kappa shape index (κ2) is 8.20. The maximum absolute atomic E-state index is 12.3. The van der Waals surface area contributed by atoms with Gasteiger partial charge in [-0.15, -0.1) is 13.2 Å². The molecule has 30 heavy (non-hydrogen) atoms. The van der Waals surface area contributed by atoms with Crippen LogP contribution < -0.4 is 10.1 Å². The number of aromatic nitrogens is 3. The van der Waals surface area contributed by atoms with E-state index in [9.17, 15) is 13.2 Å². The van der Waals surface area contributed by atoms with Crippen LogP contribution in [-0.4, -0.2) is 21.3 Å². The Balaban J connectivity index is 1.67. The van der Waals surface area contributed by atoms with E-state index < -0.39 is 6.36 Å². The number of alkyl halides is 3. The van der Waals surface area contributed by atoms with Crippen molar-refractivity contribution in [1.82, 2.24) is 15.0 Å². The minimum Gasteiger partial charge on any atom is -0.406 e. The SMILES string of the molecule is FC(F)(F)Oc1ccc(Nc2cc(-c3ccncc3)nc(-c3ccccc3)n2)cc1. The Morgan fingerprint density at radius 1 is 0.767 bits per heavy atom. The highest BCUT2D eigenvalue weighted by atomic mass is 19.4. The number of rotatable bonds is 5. The Bertz CT molecular complexity index is 1060. The maximum Gasteiger partial charge on any atom is 0.573 e.